The average molecular weight is 503 g/mol. The summed E-state index contributed by atoms with van der Waals surface area (Å²) in [6.07, 6.45) is 5.34. The van der Waals surface area contributed by atoms with Crippen molar-refractivity contribution in [3.05, 3.63) is 82.7 Å². The lowest BCUT2D eigenvalue weighted by molar-refractivity contribution is -0.132. The van der Waals surface area contributed by atoms with Gasteiger partial charge < -0.3 is 10.0 Å². The fourth-order valence-electron chi connectivity index (χ4n) is 4.06. The molecule has 0 unspecified atom stereocenters. The van der Waals surface area contributed by atoms with Crippen molar-refractivity contribution >= 4 is 51.7 Å². The molecule has 1 saturated heterocycles. The van der Waals surface area contributed by atoms with E-state index in [1.54, 1.807) is 22.7 Å². The number of carboxylic acids is 1. The van der Waals surface area contributed by atoms with Gasteiger partial charge in [-0.25, -0.2) is 4.85 Å². The van der Waals surface area contributed by atoms with Crippen molar-refractivity contribution in [1.29, 1.82) is 0 Å². The van der Waals surface area contributed by atoms with Gasteiger partial charge in [0.25, 0.3) is 5.70 Å². The van der Waals surface area contributed by atoms with Crippen LogP contribution in [0.25, 0.3) is 40.9 Å². The lowest BCUT2D eigenvalue weighted by atomic mass is 10.1. The van der Waals surface area contributed by atoms with Crippen molar-refractivity contribution in [2.24, 2.45) is 0 Å². The van der Waals surface area contributed by atoms with E-state index >= 15 is 0 Å². The van der Waals surface area contributed by atoms with Crippen LogP contribution in [-0.2, 0) is 4.79 Å². The first-order valence-electron chi connectivity index (χ1n) is 11.1. The maximum atomic E-state index is 11.1. The molecule has 0 radical (unpaired) electrons. The van der Waals surface area contributed by atoms with E-state index in [1.165, 1.54) is 62.6 Å². The van der Waals surface area contributed by atoms with Gasteiger partial charge in [-0.2, -0.15) is 0 Å². The summed E-state index contributed by atoms with van der Waals surface area (Å²) in [6, 6.07) is 21.4. The molecule has 0 aliphatic carbocycles. The standard InChI is InChI=1S/C27H22N2O2S3/c1-28-21(27(30)31)17-20-9-10-23(32-20)24-13-14-26(34-24)25-12-11-22(33-25)18-5-7-19(8-6-18)29-15-3-2-4-16-29/h5-14,17H,2-4,15-16H2,(H,30,31). The molecule has 0 amide bonds. The summed E-state index contributed by atoms with van der Waals surface area (Å²) in [5, 5.41) is 9.07. The highest BCUT2D eigenvalue weighted by molar-refractivity contribution is 7.27. The molecular weight excluding hydrogens is 481 g/mol. The minimum atomic E-state index is -1.20. The van der Waals surface area contributed by atoms with Crippen molar-refractivity contribution in [3.8, 4) is 29.9 Å². The van der Waals surface area contributed by atoms with Crippen LogP contribution < -0.4 is 4.90 Å². The van der Waals surface area contributed by atoms with Crippen LogP contribution in [-0.4, -0.2) is 24.2 Å². The van der Waals surface area contributed by atoms with Crippen LogP contribution in [0.4, 0.5) is 5.69 Å². The fourth-order valence-corrected chi connectivity index (χ4v) is 7.20. The third-order valence-electron chi connectivity index (χ3n) is 5.82. The van der Waals surface area contributed by atoms with E-state index in [1.807, 2.05) is 12.1 Å². The lowest BCUT2D eigenvalue weighted by Crippen LogP contribution is -2.29. The number of aliphatic carboxylic acids is 1. The van der Waals surface area contributed by atoms with Crippen LogP contribution in [0, 0.1) is 6.57 Å². The Labute approximate surface area is 210 Å². The van der Waals surface area contributed by atoms with Gasteiger partial charge in [0.05, 0.1) is 6.57 Å². The summed E-state index contributed by atoms with van der Waals surface area (Å²) < 4.78 is 0. The number of rotatable bonds is 6. The zero-order chi connectivity index (χ0) is 23.5. The summed E-state index contributed by atoms with van der Waals surface area (Å²) in [5.74, 6) is -1.20. The van der Waals surface area contributed by atoms with E-state index in [4.69, 9.17) is 11.7 Å². The van der Waals surface area contributed by atoms with Crippen LogP contribution in [0.3, 0.4) is 0 Å². The van der Waals surface area contributed by atoms with Crippen LogP contribution in [0.5, 0.6) is 0 Å². The van der Waals surface area contributed by atoms with Crippen LogP contribution in [0.1, 0.15) is 24.1 Å². The Morgan fingerprint density at radius 2 is 1.35 bits per heavy atom. The Morgan fingerprint density at radius 3 is 1.97 bits per heavy atom. The second-order valence-electron chi connectivity index (χ2n) is 8.07. The minimum absolute atomic E-state index is 0.268. The summed E-state index contributed by atoms with van der Waals surface area (Å²) in [7, 11) is 0. The van der Waals surface area contributed by atoms with E-state index in [0.717, 1.165) is 27.7 Å². The van der Waals surface area contributed by atoms with Gasteiger partial charge in [-0.05, 0) is 79.4 Å². The molecule has 4 heterocycles. The molecule has 0 saturated carbocycles. The smallest absolute Gasteiger partial charge is 0.333 e. The lowest BCUT2D eigenvalue weighted by Gasteiger charge is -2.28. The highest BCUT2D eigenvalue weighted by Gasteiger charge is 2.13. The first-order valence-corrected chi connectivity index (χ1v) is 13.5. The van der Waals surface area contributed by atoms with E-state index in [9.17, 15) is 4.79 Å². The van der Waals surface area contributed by atoms with Crippen LogP contribution in [0.2, 0.25) is 0 Å². The second-order valence-corrected chi connectivity index (χ2v) is 11.4. The largest absolute Gasteiger partial charge is 0.486 e. The predicted octanol–water partition coefficient (Wildman–Crippen LogP) is 8.21. The summed E-state index contributed by atoms with van der Waals surface area (Å²) in [4.78, 5) is 23.4. The highest BCUT2D eigenvalue weighted by Crippen LogP contribution is 2.42. The number of carbonyl (C=O) groups is 1. The molecule has 0 spiro atoms. The third-order valence-corrected chi connectivity index (χ3v) is 9.46. The molecular formula is C27H22N2O2S3. The van der Waals surface area contributed by atoms with Gasteiger partial charge in [0.2, 0.25) is 0 Å². The number of nitrogens with zero attached hydrogens (tertiary/aromatic N) is 2. The second kappa shape index (κ2) is 9.98. The molecule has 0 atom stereocenters. The fraction of sp³-hybridized carbons (Fsp3) is 0.185. The number of carboxylic acid groups (broad SMARTS) is 1. The highest BCUT2D eigenvalue weighted by atomic mass is 32.1. The number of anilines is 1. The van der Waals surface area contributed by atoms with Gasteiger partial charge >= 0.3 is 5.97 Å². The Balaban J connectivity index is 1.32. The molecule has 0 bridgehead atoms. The first-order chi connectivity index (χ1) is 16.6. The quantitative estimate of drug-likeness (QED) is 0.213. The van der Waals surface area contributed by atoms with Crippen molar-refractivity contribution in [1.82, 2.24) is 0 Å². The average Bonchev–Trinajstić information content (AvgIpc) is 3.63. The van der Waals surface area contributed by atoms with Gasteiger partial charge in [0.15, 0.2) is 0 Å². The molecule has 4 aromatic rings. The Hall–Kier alpha value is -3.18. The molecule has 5 rings (SSSR count). The molecule has 3 aromatic heterocycles. The molecule has 1 aromatic carbocycles. The van der Waals surface area contributed by atoms with Crippen molar-refractivity contribution in [2.75, 3.05) is 18.0 Å². The molecule has 1 N–H and O–H groups in total. The summed E-state index contributed by atoms with van der Waals surface area (Å²) in [5.41, 5.74) is 2.30. The Bertz CT molecular complexity index is 1380. The van der Waals surface area contributed by atoms with Crippen LogP contribution >= 0.6 is 34.0 Å². The van der Waals surface area contributed by atoms with E-state index in [-0.39, 0.29) is 5.70 Å². The number of thiophene rings is 3. The minimum Gasteiger partial charge on any atom is -0.486 e. The Kier molecular flexibility index (Phi) is 6.63. The third kappa shape index (κ3) is 4.85. The first kappa shape index (κ1) is 22.6. The summed E-state index contributed by atoms with van der Waals surface area (Å²) in [6.45, 7) is 9.33. The number of hydrogen-bond donors (Lipinski definition) is 1. The molecule has 4 nitrogen and oxygen atoms in total. The number of hydrogen-bond acceptors (Lipinski definition) is 5. The maximum Gasteiger partial charge on any atom is 0.333 e. The van der Waals surface area contributed by atoms with Gasteiger partial charge in [0, 0.05) is 48.0 Å². The van der Waals surface area contributed by atoms with Gasteiger partial charge in [0.1, 0.15) is 0 Å². The van der Waals surface area contributed by atoms with Crippen molar-refractivity contribution in [3.63, 3.8) is 0 Å². The maximum absolute atomic E-state index is 11.1. The van der Waals surface area contributed by atoms with Crippen LogP contribution in [0.15, 0.2) is 66.4 Å². The topological polar surface area (TPSA) is 44.9 Å². The van der Waals surface area contributed by atoms with Crippen molar-refractivity contribution < 1.29 is 9.90 Å². The molecule has 170 valence electrons. The zero-order valence-electron chi connectivity index (χ0n) is 18.4. The molecule has 34 heavy (non-hydrogen) atoms. The van der Waals surface area contributed by atoms with Gasteiger partial charge in [-0.15, -0.1) is 34.0 Å². The SMILES string of the molecule is [C-]#[N+]C(=Cc1ccc(-c2ccc(-c3ccc(-c4ccc(N5CCCCC5)cc4)s3)s2)s1)C(=O)O. The predicted molar refractivity (Wildman–Crippen MR) is 145 cm³/mol. The zero-order valence-corrected chi connectivity index (χ0v) is 20.8. The summed E-state index contributed by atoms with van der Waals surface area (Å²) >= 11 is 5.03. The van der Waals surface area contributed by atoms with E-state index in [2.05, 4.69) is 58.3 Å². The van der Waals surface area contributed by atoms with Gasteiger partial charge in [-0.1, -0.05) is 12.1 Å². The monoisotopic (exact) mass is 502 g/mol. The molecule has 1 aliphatic rings. The van der Waals surface area contributed by atoms with Crippen molar-refractivity contribution in [2.45, 2.75) is 19.3 Å². The number of benzene rings is 1. The van der Waals surface area contributed by atoms with E-state index in [0.29, 0.717) is 0 Å². The molecule has 7 heteroatoms. The molecule has 1 fully saturated rings. The normalized spacial score (nSPS) is 14.2. The Morgan fingerprint density at radius 1 is 0.794 bits per heavy atom. The number of piperidine rings is 1. The van der Waals surface area contributed by atoms with Gasteiger partial charge in [-0.3, -0.25) is 4.79 Å². The molecule has 1 aliphatic heterocycles. The van der Waals surface area contributed by atoms with E-state index < -0.39 is 5.97 Å².